The number of halogens is 1. The molecule has 1 aliphatic heterocycles. The Morgan fingerprint density at radius 3 is 2.29 bits per heavy atom. The third kappa shape index (κ3) is 5.41. The van der Waals surface area contributed by atoms with Crippen LogP contribution >= 0.6 is 12.4 Å². The van der Waals surface area contributed by atoms with E-state index >= 15 is 0 Å². The van der Waals surface area contributed by atoms with Gasteiger partial charge in [0.1, 0.15) is 5.75 Å². The predicted octanol–water partition coefficient (Wildman–Crippen LogP) is 3.32. The molecule has 5 nitrogen and oxygen atoms in total. The molecule has 0 amide bonds. The molecule has 134 valence electrons. The maximum atomic E-state index is 12.1. The molecule has 1 saturated heterocycles. The Labute approximate surface area is 150 Å². The van der Waals surface area contributed by atoms with E-state index in [1.165, 1.54) is 5.56 Å². The van der Waals surface area contributed by atoms with Crippen LogP contribution in [0.1, 0.15) is 42.4 Å². The van der Waals surface area contributed by atoms with Crippen molar-refractivity contribution < 1.29 is 9.53 Å². The monoisotopic (exact) mass is 353 g/mol. The number of guanidine groups is 1. The van der Waals surface area contributed by atoms with Crippen molar-refractivity contribution in [2.45, 2.75) is 46.5 Å². The Hall–Kier alpha value is -1.75. The second kappa shape index (κ2) is 8.92. The number of piperidine rings is 1. The van der Waals surface area contributed by atoms with Gasteiger partial charge in [0.05, 0.1) is 0 Å². The van der Waals surface area contributed by atoms with Gasteiger partial charge in [-0.05, 0) is 57.1 Å². The Morgan fingerprint density at radius 2 is 1.79 bits per heavy atom. The molecule has 0 spiro atoms. The molecule has 0 radical (unpaired) electrons. The summed E-state index contributed by atoms with van der Waals surface area (Å²) in [5.74, 6) is 1.20. The van der Waals surface area contributed by atoms with Gasteiger partial charge in [0.25, 0.3) is 0 Å². The molecule has 0 saturated carbocycles. The maximum absolute atomic E-state index is 12.1. The van der Waals surface area contributed by atoms with Gasteiger partial charge in [-0.3, -0.25) is 10.2 Å². The standard InChI is InChI=1S/C18H27N3O2.ClH/c1-12-10-13(2)17(14(3)11-12)23-16(22)5-4-15-6-8-21(9-7-15)18(19)20;/h10-11,15H,4-9H2,1-3H3,(H3,19,20);1H. The summed E-state index contributed by atoms with van der Waals surface area (Å²) in [7, 11) is 0. The van der Waals surface area contributed by atoms with Crippen LogP contribution in [-0.2, 0) is 4.79 Å². The molecule has 0 unspecified atom stereocenters. The quantitative estimate of drug-likeness (QED) is 0.376. The molecular weight excluding hydrogens is 326 g/mol. The summed E-state index contributed by atoms with van der Waals surface area (Å²) in [6.45, 7) is 7.61. The first-order chi connectivity index (χ1) is 10.9. The lowest BCUT2D eigenvalue weighted by atomic mass is 9.92. The number of nitrogens with two attached hydrogens (primary N) is 1. The zero-order chi connectivity index (χ0) is 17.0. The normalized spacial score (nSPS) is 14.9. The minimum Gasteiger partial charge on any atom is -0.426 e. The fourth-order valence-electron chi connectivity index (χ4n) is 3.28. The lowest BCUT2D eigenvalue weighted by Crippen LogP contribution is -2.42. The first-order valence-corrected chi connectivity index (χ1v) is 8.24. The lowest BCUT2D eigenvalue weighted by Gasteiger charge is -2.32. The molecule has 1 aliphatic rings. The van der Waals surface area contributed by atoms with E-state index in [4.69, 9.17) is 15.9 Å². The molecular formula is C18H28ClN3O2. The molecule has 0 aliphatic carbocycles. The van der Waals surface area contributed by atoms with Gasteiger partial charge in [-0.25, -0.2) is 0 Å². The highest BCUT2D eigenvalue weighted by Gasteiger charge is 2.21. The highest BCUT2D eigenvalue weighted by molar-refractivity contribution is 5.85. The number of nitrogens with one attached hydrogen (secondary N) is 1. The molecule has 0 atom stereocenters. The largest absolute Gasteiger partial charge is 0.426 e. The van der Waals surface area contributed by atoms with Crippen molar-refractivity contribution in [1.82, 2.24) is 4.90 Å². The van der Waals surface area contributed by atoms with Crippen molar-refractivity contribution in [2.24, 2.45) is 11.7 Å². The van der Waals surface area contributed by atoms with Crippen LogP contribution in [0.15, 0.2) is 12.1 Å². The van der Waals surface area contributed by atoms with E-state index in [0.29, 0.717) is 18.1 Å². The van der Waals surface area contributed by atoms with Gasteiger partial charge in [0, 0.05) is 19.5 Å². The van der Waals surface area contributed by atoms with Crippen LogP contribution < -0.4 is 10.5 Å². The summed E-state index contributed by atoms with van der Waals surface area (Å²) in [6, 6.07) is 4.07. The molecule has 0 aromatic heterocycles. The van der Waals surface area contributed by atoms with Gasteiger partial charge in [0.2, 0.25) is 0 Å². The molecule has 0 bridgehead atoms. The zero-order valence-corrected chi connectivity index (χ0v) is 15.5. The number of rotatable bonds is 4. The number of aryl methyl sites for hydroxylation is 3. The number of hydrogen-bond donors (Lipinski definition) is 2. The van der Waals surface area contributed by atoms with Crippen LogP contribution in [0.2, 0.25) is 0 Å². The van der Waals surface area contributed by atoms with E-state index in [1.54, 1.807) is 0 Å². The van der Waals surface area contributed by atoms with Crippen molar-refractivity contribution >= 4 is 24.3 Å². The number of hydrogen-bond acceptors (Lipinski definition) is 3. The van der Waals surface area contributed by atoms with E-state index in [-0.39, 0.29) is 24.3 Å². The summed E-state index contributed by atoms with van der Waals surface area (Å²) in [5, 5.41) is 7.43. The van der Waals surface area contributed by atoms with Crippen LogP contribution in [-0.4, -0.2) is 29.9 Å². The SMILES string of the molecule is Cc1cc(C)c(OC(=O)CCC2CCN(C(=N)N)CC2)c(C)c1.Cl. The predicted molar refractivity (Wildman–Crippen MR) is 99.0 cm³/mol. The summed E-state index contributed by atoms with van der Waals surface area (Å²) < 4.78 is 5.58. The summed E-state index contributed by atoms with van der Waals surface area (Å²) in [6.07, 6.45) is 3.25. The van der Waals surface area contributed by atoms with Gasteiger partial charge in [-0.1, -0.05) is 17.7 Å². The third-order valence-corrected chi connectivity index (χ3v) is 4.53. The summed E-state index contributed by atoms with van der Waals surface area (Å²) in [5.41, 5.74) is 8.68. The van der Waals surface area contributed by atoms with Gasteiger partial charge >= 0.3 is 5.97 Å². The topological polar surface area (TPSA) is 79.4 Å². The fraction of sp³-hybridized carbons (Fsp3) is 0.556. The van der Waals surface area contributed by atoms with Crippen molar-refractivity contribution in [2.75, 3.05) is 13.1 Å². The Morgan fingerprint density at radius 1 is 1.25 bits per heavy atom. The third-order valence-electron chi connectivity index (χ3n) is 4.53. The molecule has 1 aromatic rings. The highest BCUT2D eigenvalue weighted by Crippen LogP contribution is 2.26. The molecule has 2 rings (SSSR count). The average molecular weight is 354 g/mol. The first-order valence-electron chi connectivity index (χ1n) is 8.24. The number of esters is 1. The van der Waals surface area contributed by atoms with E-state index in [9.17, 15) is 4.79 Å². The number of ether oxygens (including phenoxy) is 1. The van der Waals surface area contributed by atoms with Crippen molar-refractivity contribution in [3.63, 3.8) is 0 Å². The van der Waals surface area contributed by atoms with Gasteiger partial charge in [-0.2, -0.15) is 0 Å². The van der Waals surface area contributed by atoms with E-state index < -0.39 is 0 Å². The van der Waals surface area contributed by atoms with Gasteiger partial charge in [-0.15, -0.1) is 12.4 Å². The minimum atomic E-state index is -0.158. The highest BCUT2D eigenvalue weighted by atomic mass is 35.5. The Kier molecular flexibility index (Phi) is 7.55. The van der Waals surface area contributed by atoms with Crippen LogP contribution in [0.25, 0.3) is 0 Å². The smallest absolute Gasteiger partial charge is 0.311 e. The fourth-order valence-corrected chi connectivity index (χ4v) is 3.28. The second-order valence-electron chi connectivity index (χ2n) is 6.56. The van der Waals surface area contributed by atoms with Crippen LogP contribution in [0, 0.1) is 32.1 Å². The Bertz CT molecular complexity index is 573. The first kappa shape index (κ1) is 20.3. The number of carbonyl (C=O) groups excluding carboxylic acids is 1. The van der Waals surface area contributed by atoms with E-state index in [2.05, 4.69) is 0 Å². The van der Waals surface area contributed by atoms with Crippen molar-refractivity contribution in [1.29, 1.82) is 5.41 Å². The minimum absolute atomic E-state index is 0. The molecule has 1 heterocycles. The van der Waals surface area contributed by atoms with Crippen LogP contribution in [0.3, 0.4) is 0 Å². The molecule has 24 heavy (non-hydrogen) atoms. The lowest BCUT2D eigenvalue weighted by molar-refractivity contribution is -0.134. The van der Waals surface area contributed by atoms with Crippen molar-refractivity contribution in [3.8, 4) is 5.75 Å². The summed E-state index contributed by atoms with van der Waals surface area (Å²) in [4.78, 5) is 14.0. The van der Waals surface area contributed by atoms with Gasteiger partial charge < -0.3 is 15.4 Å². The van der Waals surface area contributed by atoms with E-state index in [0.717, 1.165) is 43.5 Å². The van der Waals surface area contributed by atoms with Gasteiger partial charge in [0.15, 0.2) is 5.96 Å². The number of nitrogens with zero attached hydrogens (tertiary/aromatic N) is 1. The van der Waals surface area contributed by atoms with Crippen molar-refractivity contribution in [3.05, 3.63) is 28.8 Å². The molecule has 6 heteroatoms. The molecule has 1 aromatic carbocycles. The number of likely N-dealkylation sites (tertiary alicyclic amines) is 1. The Balaban J connectivity index is 0.00000288. The zero-order valence-electron chi connectivity index (χ0n) is 14.7. The second-order valence-corrected chi connectivity index (χ2v) is 6.56. The summed E-state index contributed by atoms with van der Waals surface area (Å²) >= 11 is 0. The molecule has 1 fully saturated rings. The van der Waals surface area contributed by atoms with Crippen LogP contribution in [0.4, 0.5) is 0 Å². The van der Waals surface area contributed by atoms with E-state index in [1.807, 2.05) is 37.8 Å². The molecule has 3 N–H and O–H groups in total. The number of benzene rings is 1. The number of carbonyl (C=O) groups is 1. The average Bonchev–Trinajstić information content (AvgIpc) is 2.49. The maximum Gasteiger partial charge on any atom is 0.311 e. The van der Waals surface area contributed by atoms with Crippen LogP contribution in [0.5, 0.6) is 5.75 Å².